The van der Waals surface area contributed by atoms with E-state index in [2.05, 4.69) is 5.32 Å². The van der Waals surface area contributed by atoms with Gasteiger partial charge in [0.15, 0.2) is 0 Å². The molecule has 0 aromatic heterocycles. The normalized spacial score (nSPS) is 11.7. The Morgan fingerprint density at radius 2 is 2.11 bits per heavy atom. The third kappa shape index (κ3) is 4.57. The van der Waals surface area contributed by atoms with Crippen LogP contribution in [-0.4, -0.2) is 25.5 Å². The molecule has 0 aliphatic rings. The van der Waals surface area contributed by atoms with Gasteiger partial charge in [0, 0.05) is 13.5 Å². The summed E-state index contributed by atoms with van der Waals surface area (Å²) in [6, 6.07) is 7.96. The van der Waals surface area contributed by atoms with Crippen LogP contribution in [0.2, 0.25) is 0 Å². The number of hydrogen-bond donors (Lipinski definition) is 1. The van der Waals surface area contributed by atoms with E-state index >= 15 is 0 Å². The van der Waals surface area contributed by atoms with Gasteiger partial charge in [0.25, 0.3) is 0 Å². The van der Waals surface area contributed by atoms with Crippen molar-refractivity contribution in [2.45, 2.75) is 20.3 Å². The number of hydrogen-bond acceptors (Lipinski definition) is 3. The third-order valence-electron chi connectivity index (χ3n) is 2.70. The van der Waals surface area contributed by atoms with Crippen molar-refractivity contribution >= 4 is 11.9 Å². The topological polar surface area (TPSA) is 55.4 Å². The van der Waals surface area contributed by atoms with Crippen molar-refractivity contribution in [2.75, 3.05) is 13.7 Å². The highest BCUT2D eigenvalue weighted by Gasteiger charge is 2.19. The molecule has 18 heavy (non-hydrogen) atoms. The molecule has 0 heterocycles. The quantitative estimate of drug-likeness (QED) is 0.804. The Labute approximate surface area is 107 Å². The molecule has 1 aromatic carbocycles. The summed E-state index contributed by atoms with van der Waals surface area (Å²) in [5.41, 5.74) is 2.21. The molecule has 0 aliphatic heterocycles. The molecule has 1 N–H and O–H groups in total. The van der Waals surface area contributed by atoms with Crippen LogP contribution < -0.4 is 5.32 Å². The Morgan fingerprint density at radius 3 is 2.67 bits per heavy atom. The fourth-order valence-corrected chi connectivity index (χ4v) is 1.80. The van der Waals surface area contributed by atoms with Crippen LogP contribution in [0.15, 0.2) is 24.3 Å². The Balaban J connectivity index is 2.71. The Morgan fingerprint density at radius 1 is 1.39 bits per heavy atom. The number of carbonyl (C=O) groups excluding carboxylic acids is 2. The monoisotopic (exact) mass is 249 g/mol. The van der Waals surface area contributed by atoms with Gasteiger partial charge in [-0.05, 0) is 18.9 Å². The second-order valence-corrected chi connectivity index (χ2v) is 4.35. The van der Waals surface area contributed by atoms with Crippen molar-refractivity contribution in [2.24, 2.45) is 5.92 Å². The average Bonchev–Trinajstić information content (AvgIpc) is 2.33. The van der Waals surface area contributed by atoms with Gasteiger partial charge < -0.3 is 10.1 Å². The molecule has 1 amide bonds. The number of benzene rings is 1. The molecule has 4 heteroatoms. The molecule has 4 nitrogen and oxygen atoms in total. The number of esters is 1. The zero-order valence-electron chi connectivity index (χ0n) is 11.0. The molecular weight excluding hydrogens is 230 g/mol. The molecular formula is C14H19NO3. The van der Waals surface area contributed by atoms with Gasteiger partial charge in [0.1, 0.15) is 0 Å². The van der Waals surface area contributed by atoms with Crippen molar-refractivity contribution in [1.29, 1.82) is 0 Å². The van der Waals surface area contributed by atoms with Crippen molar-refractivity contribution < 1.29 is 14.3 Å². The van der Waals surface area contributed by atoms with Crippen LogP contribution >= 0.6 is 0 Å². The van der Waals surface area contributed by atoms with Gasteiger partial charge in [0.05, 0.1) is 13.0 Å². The lowest BCUT2D eigenvalue weighted by Crippen LogP contribution is -2.33. The average molecular weight is 249 g/mol. The number of carbonyl (C=O) groups is 2. The molecule has 0 saturated heterocycles. The fourth-order valence-electron chi connectivity index (χ4n) is 1.80. The van der Waals surface area contributed by atoms with Gasteiger partial charge in [0.2, 0.25) is 5.91 Å². The molecule has 98 valence electrons. The summed E-state index contributed by atoms with van der Waals surface area (Å²) in [6.07, 6.45) is 0.564. The lowest BCUT2D eigenvalue weighted by atomic mass is 9.98. The van der Waals surface area contributed by atoms with Gasteiger partial charge in [-0.15, -0.1) is 0 Å². The zero-order valence-corrected chi connectivity index (χ0v) is 11.0. The maximum Gasteiger partial charge on any atom is 0.310 e. The van der Waals surface area contributed by atoms with E-state index in [4.69, 9.17) is 4.74 Å². The lowest BCUT2D eigenvalue weighted by molar-refractivity contribution is -0.145. The minimum absolute atomic E-state index is 0.145. The van der Waals surface area contributed by atoms with Crippen molar-refractivity contribution in [1.82, 2.24) is 5.32 Å². The first-order chi connectivity index (χ1) is 8.52. The van der Waals surface area contributed by atoms with Crippen LogP contribution in [0.3, 0.4) is 0 Å². The van der Waals surface area contributed by atoms with Crippen molar-refractivity contribution in [3.63, 3.8) is 0 Å². The van der Waals surface area contributed by atoms with Crippen LogP contribution in [0.5, 0.6) is 0 Å². The molecule has 1 aromatic rings. The molecule has 1 rings (SSSR count). The SMILES string of the molecule is COC(=O)C(CNC(C)=O)Cc1cccc(C)c1. The number of ether oxygens (including phenoxy) is 1. The van der Waals surface area contributed by atoms with E-state index in [-0.39, 0.29) is 17.8 Å². The fraction of sp³-hybridized carbons (Fsp3) is 0.429. The van der Waals surface area contributed by atoms with Crippen molar-refractivity contribution in [3.8, 4) is 0 Å². The van der Waals surface area contributed by atoms with Crippen LogP contribution in [0, 0.1) is 12.8 Å². The Kier molecular flexibility index (Phi) is 5.36. The smallest absolute Gasteiger partial charge is 0.310 e. The highest BCUT2D eigenvalue weighted by molar-refractivity contribution is 5.76. The highest BCUT2D eigenvalue weighted by Crippen LogP contribution is 2.11. The predicted molar refractivity (Wildman–Crippen MR) is 69.1 cm³/mol. The summed E-state index contributed by atoms with van der Waals surface area (Å²) in [5, 5.41) is 2.66. The summed E-state index contributed by atoms with van der Waals surface area (Å²) < 4.78 is 4.76. The second-order valence-electron chi connectivity index (χ2n) is 4.35. The van der Waals surface area contributed by atoms with Crippen molar-refractivity contribution in [3.05, 3.63) is 35.4 Å². The van der Waals surface area contributed by atoms with Gasteiger partial charge >= 0.3 is 5.97 Å². The summed E-state index contributed by atoms with van der Waals surface area (Å²) >= 11 is 0. The Bertz CT molecular complexity index is 429. The van der Waals surface area contributed by atoms with Gasteiger partial charge in [-0.3, -0.25) is 9.59 Å². The molecule has 0 radical (unpaired) electrons. The first kappa shape index (κ1) is 14.2. The summed E-state index contributed by atoms with van der Waals surface area (Å²) in [7, 11) is 1.36. The maximum absolute atomic E-state index is 11.6. The highest BCUT2D eigenvalue weighted by atomic mass is 16.5. The van der Waals surface area contributed by atoms with Crippen LogP contribution in [0.4, 0.5) is 0 Å². The number of amides is 1. The second kappa shape index (κ2) is 6.79. The molecule has 0 bridgehead atoms. The van der Waals surface area contributed by atoms with E-state index in [0.29, 0.717) is 13.0 Å². The molecule has 0 saturated carbocycles. The third-order valence-corrected chi connectivity index (χ3v) is 2.70. The van der Waals surface area contributed by atoms with Crippen LogP contribution in [0.1, 0.15) is 18.1 Å². The standard InChI is InChI=1S/C14H19NO3/c1-10-5-4-6-12(7-10)8-13(14(17)18-3)9-15-11(2)16/h4-7,13H,8-9H2,1-3H3,(H,15,16). The number of rotatable bonds is 5. The lowest BCUT2D eigenvalue weighted by Gasteiger charge is -2.15. The van der Waals surface area contributed by atoms with Gasteiger partial charge in [-0.25, -0.2) is 0 Å². The van der Waals surface area contributed by atoms with Gasteiger partial charge in [-0.1, -0.05) is 29.8 Å². The molecule has 0 fully saturated rings. The first-order valence-electron chi connectivity index (χ1n) is 5.90. The molecule has 0 spiro atoms. The summed E-state index contributed by atoms with van der Waals surface area (Å²) in [4.78, 5) is 22.5. The van der Waals surface area contributed by atoms with E-state index in [9.17, 15) is 9.59 Å². The van der Waals surface area contributed by atoms with E-state index in [0.717, 1.165) is 11.1 Å². The van der Waals surface area contributed by atoms with E-state index in [1.54, 1.807) is 0 Å². The molecule has 1 atom stereocenters. The van der Waals surface area contributed by atoms with Crippen LogP contribution in [-0.2, 0) is 20.7 Å². The summed E-state index contributed by atoms with van der Waals surface area (Å²) in [6.45, 7) is 3.74. The predicted octanol–water partition coefficient (Wildman–Crippen LogP) is 1.46. The minimum Gasteiger partial charge on any atom is -0.469 e. The summed E-state index contributed by atoms with van der Waals surface area (Å²) in [5.74, 6) is -0.792. The first-order valence-corrected chi connectivity index (χ1v) is 5.90. The largest absolute Gasteiger partial charge is 0.469 e. The maximum atomic E-state index is 11.6. The van der Waals surface area contributed by atoms with Crippen LogP contribution in [0.25, 0.3) is 0 Å². The minimum atomic E-state index is -0.347. The Hall–Kier alpha value is -1.84. The number of nitrogens with one attached hydrogen (secondary N) is 1. The van der Waals surface area contributed by atoms with E-state index in [1.165, 1.54) is 14.0 Å². The van der Waals surface area contributed by atoms with Gasteiger partial charge in [-0.2, -0.15) is 0 Å². The molecule has 1 unspecified atom stereocenters. The van der Waals surface area contributed by atoms with E-state index < -0.39 is 0 Å². The molecule has 0 aliphatic carbocycles. The van der Waals surface area contributed by atoms with E-state index in [1.807, 2.05) is 31.2 Å². The number of methoxy groups -OCH3 is 1. The number of aryl methyl sites for hydroxylation is 1. The zero-order chi connectivity index (χ0) is 13.5.